The topological polar surface area (TPSA) is 41.6 Å². The van der Waals surface area contributed by atoms with Crippen molar-refractivity contribution in [2.45, 2.75) is 26.1 Å². The third-order valence-corrected chi connectivity index (χ3v) is 3.40. The number of hydrogen-bond acceptors (Lipinski definition) is 4. The predicted octanol–water partition coefficient (Wildman–Crippen LogP) is 3.01. The molecule has 0 aromatic heterocycles. The zero-order chi connectivity index (χ0) is 17.5. The second-order valence-electron chi connectivity index (χ2n) is 4.97. The Morgan fingerprint density at radius 2 is 1.91 bits per heavy atom. The molecule has 0 saturated carbocycles. The summed E-state index contributed by atoms with van der Waals surface area (Å²) in [6.45, 7) is 4.26. The Morgan fingerprint density at radius 3 is 2.43 bits per heavy atom. The van der Waals surface area contributed by atoms with Crippen LogP contribution in [-0.4, -0.2) is 50.3 Å². The molecule has 130 valence electrons. The molecule has 0 spiro atoms. The maximum absolute atomic E-state index is 12.4. The van der Waals surface area contributed by atoms with E-state index < -0.39 is 18.7 Å². The molecule has 1 atom stereocenters. The van der Waals surface area contributed by atoms with Crippen LogP contribution in [0.25, 0.3) is 0 Å². The smallest absolute Gasteiger partial charge is 0.401 e. The minimum absolute atomic E-state index is 0.173. The van der Waals surface area contributed by atoms with Crippen molar-refractivity contribution in [3.63, 3.8) is 0 Å². The van der Waals surface area contributed by atoms with Gasteiger partial charge in [0.2, 0.25) is 0 Å². The van der Waals surface area contributed by atoms with Gasteiger partial charge in [-0.1, -0.05) is 26.0 Å². The fourth-order valence-corrected chi connectivity index (χ4v) is 2.40. The zero-order valence-electron chi connectivity index (χ0n) is 13.6. The number of hydrogen-bond donors (Lipinski definition) is 1. The number of halogens is 3. The molecule has 23 heavy (non-hydrogen) atoms. The molecule has 0 aliphatic carbocycles. The number of methoxy groups -OCH3 is 1. The van der Waals surface area contributed by atoms with Gasteiger partial charge in [0, 0.05) is 25.7 Å². The Balaban J connectivity index is 0.00000127. The molecule has 7 heteroatoms. The molecule has 0 radical (unpaired) electrons. The molecule has 0 amide bonds. The minimum Gasteiger partial charge on any atom is -0.465 e. The summed E-state index contributed by atoms with van der Waals surface area (Å²) in [6.07, 6.45) is -4.18. The van der Waals surface area contributed by atoms with Gasteiger partial charge in [0.15, 0.2) is 0 Å². The second-order valence-corrected chi connectivity index (χ2v) is 4.97. The molecule has 1 heterocycles. The van der Waals surface area contributed by atoms with E-state index in [0.29, 0.717) is 18.7 Å². The number of carbonyl (C=O) groups is 1. The molecule has 1 saturated heterocycles. The molecule has 1 aliphatic heterocycles. The molecule has 1 unspecified atom stereocenters. The number of piperazine rings is 1. The maximum Gasteiger partial charge on any atom is 0.401 e. The van der Waals surface area contributed by atoms with E-state index in [1.165, 1.54) is 12.0 Å². The largest absolute Gasteiger partial charge is 0.465 e. The van der Waals surface area contributed by atoms with Crippen LogP contribution in [0.4, 0.5) is 13.2 Å². The van der Waals surface area contributed by atoms with Crippen molar-refractivity contribution >= 4 is 5.97 Å². The summed E-state index contributed by atoms with van der Waals surface area (Å²) in [5, 5.41) is 3.19. The standard InChI is InChI=1S/C14H17F3N2O2.C2H6/c1-21-13(20)11-4-2-10(3-5-11)12-8-19(7-6-18-12)9-14(15,16)17;1-2/h2-5,12,18H,6-9H2,1H3;1-2H3. The SMILES string of the molecule is CC.COC(=O)c1ccc(C2CN(CC(F)(F)F)CCN2)cc1. The number of esters is 1. The molecule has 2 rings (SSSR count). The predicted molar refractivity (Wildman–Crippen MR) is 82.4 cm³/mol. The number of alkyl halides is 3. The van der Waals surface area contributed by atoms with Crippen molar-refractivity contribution in [3.05, 3.63) is 35.4 Å². The zero-order valence-corrected chi connectivity index (χ0v) is 13.6. The van der Waals surface area contributed by atoms with Gasteiger partial charge in [-0.15, -0.1) is 0 Å². The summed E-state index contributed by atoms with van der Waals surface area (Å²) >= 11 is 0. The Labute approximate surface area is 134 Å². The fourth-order valence-electron chi connectivity index (χ4n) is 2.40. The molecular weight excluding hydrogens is 309 g/mol. The van der Waals surface area contributed by atoms with E-state index in [9.17, 15) is 18.0 Å². The van der Waals surface area contributed by atoms with Crippen LogP contribution in [0.2, 0.25) is 0 Å². The monoisotopic (exact) mass is 332 g/mol. The van der Waals surface area contributed by atoms with Crippen LogP contribution in [-0.2, 0) is 4.74 Å². The van der Waals surface area contributed by atoms with Crippen LogP contribution in [0.1, 0.15) is 35.8 Å². The minimum atomic E-state index is -4.18. The average molecular weight is 332 g/mol. The lowest BCUT2D eigenvalue weighted by Crippen LogP contribution is -2.48. The van der Waals surface area contributed by atoms with E-state index >= 15 is 0 Å². The van der Waals surface area contributed by atoms with E-state index in [0.717, 1.165) is 5.56 Å². The van der Waals surface area contributed by atoms with Gasteiger partial charge in [-0.05, 0) is 17.7 Å². The Kier molecular flexibility index (Phi) is 7.51. The van der Waals surface area contributed by atoms with E-state index in [1.807, 2.05) is 13.8 Å². The highest BCUT2D eigenvalue weighted by Crippen LogP contribution is 2.22. The summed E-state index contributed by atoms with van der Waals surface area (Å²) in [5.41, 5.74) is 1.28. The van der Waals surface area contributed by atoms with E-state index in [2.05, 4.69) is 10.1 Å². The molecule has 0 bridgehead atoms. The lowest BCUT2D eigenvalue weighted by molar-refractivity contribution is -0.148. The maximum atomic E-state index is 12.4. The molecule has 1 aromatic rings. The quantitative estimate of drug-likeness (QED) is 0.864. The first-order chi connectivity index (χ1) is 10.9. The average Bonchev–Trinajstić information content (AvgIpc) is 2.55. The molecule has 1 aromatic carbocycles. The highest BCUT2D eigenvalue weighted by atomic mass is 19.4. The van der Waals surface area contributed by atoms with E-state index in [-0.39, 0.29) is 12.6 Å². The van der Waals surface area contributed by atoms with Crippen LogP contribution in [0.5, 0.6) is 0 Å². The summed E-state index contributed by atoms with van der Waals surface area (Å²) in [6, 6.07) is 6.53. The van der Waals surface area contributed by atoms with Gasteiger partial charge in [-0.25, -0.2) is 4.79 Å². The summed E-state index contributed by atoms with van der Waals surface area (Å²) in [7, 11) is 1.30. The van der Waals surface area contributed by atoms with E-state index in [4.69, 9.17) is 0 Å². The first-order valence-corrected chi connectivity index (χ1v) is 7.60. The van der Waals surface area contributed by atoms with Crippen LogP contribution in [0.3, 0.4) is 0 Å². The second kappa shape index (κ2) is 8.88. The number of rotatable bonds is 3. The van der Waals surface area contributed by atoms with Gasteiger partial charge in [-0.3, -0.25) is 4.90 Å². The third kappa shape index (κ3) is 6.19. The molecular formula is C16H23F3N2O2. The number of carbonyl (C=O) groups excluding carboxylic acids is 1. The summed E-state index contributed by atoms with van der Waals surface area (Å²) in [4.78, 5) is 12.7. The fraction of sp³-hybridized carbons (Fsp3) is 0.562. The molecule has 1 fully saturated rings. The van der Waals surface area contributed by atoms with Crippen LogP contribution in [0.15, 0.2) is 24.3 Å². The van der Waals surface area contributed by atoms with Gasteiger partial charge in [-0.2, -0.15) is 13.2 Å². The van der Waals surface area contributed by atoms with Crippen molar-refractivity contribution in [1.29, 1.82) is 0 Å². The van der Waals surface area contributed by atoms with Gasteiger partial charge in [0.1, 0.15) is 0 Å². The van der Waals surface area contributed by atoms with Crippen molar-refractivity contribution in [2.24, 2.45) is 0 Å². The first-order valence-electron chi connectivity index (χ1n) is 7.60. The normalized spacial score (nSPS) is 18.8. The molecule has 1 N–H and O–H groups in total. The van der Waals surface area contributed by atoms with Crippen LogP contribution < -0.4 is 5.32 Å². The van der Waals surface area contributed by atoms with Crippen molar-refractivity contribution in [2.75, 3.05) is 33.3 Å². The van der Waals surface area contributed by atoms with Crippen LogP contribution in [0, 0.1) is 0 Å². The van der Waals surface area contributed by atoms with Crippen molar-refractivity contribution in [1.82, 2.24) is 10.2 Å². The van der Waals surface area contributed by atoms with Gasteiger partial charge in [0.05, 0.1) is 19.2 Å². The van der Waals surface area contributed by atoms with E-state index in [1.54, 1.807) is 24.3 Å². The number of nitrogens with one attached hydrogen (secondary N) is 1. The number of ether oxygens (including phenoxy) is 1. The lowest BCUT2D eigenvalue weighted by Gasteiger charge is -2.34. The highest BCUT2D eigenvalue weighted by molar-refractivity contribution is 5.89. The van der Waals surface area contributed by atoms with Crippen LogP contribution >= 0.6 is 0 Å². The van der Waals surface area contributed by atoms with Crippen molar-refractivity contribution in [3.8, 4) is 0 Å². The highest BCUT2D eigenvalue weighted by Gasteiger charge is 2.33. The number of benzene rings is 1. The number of nitrogens with zero attached hydrogens (tertiary/aromatic N) is 1. The summed E-state index contributed by atoms with van der Waals surface area (Å²) < 4.78 is 41.9. The Morgan fingerprint density at radius 1 is 1.30 bits per heavy atom. The first kappa shape index (κ1) is 19.4. The lowest BCUT2D eigenvalue weighted by atomic mass is 10.0. The molecule has 4 nitrogen and oxygen atoms in total. The summed E-state index contributed by atoms with van der Waals surface area (Å²) in [5.74, 6) is -0.433. The molecule has 1 aliphatic rings. The van der Waals surface area contributed by atoms with Gasteiger partial charge in [0.25, 0.3) is 0 Å². The van der Waals surface area contributed by atoms with Crippen molar-refractivity contribution < 1.29 is 22.7 Å². The Hall–Kier alpha value is -1.60. The van der Waals surface area contributed by atoms with Gasteiger partial charge >= 0.3 is 12.1 Å². The third-order valence-electron chi connectivity index (χ3n) is 3.40. The Bertz CT molecular complexity index is 489. The van der Waals surface area contributed by atoms with Gasteiger partial charge < -0.3 is 10.1 Å².